The van der Waals surface area contributed by atoms with Gasteiger partial charge in [-0.05, 0) is 41.8 Å². The fourth-order valence-electron chi connectivity index (χ4n) is 2.37. The zero-order valence-corrected chi connectivity index (χ0v) is 13.8. The first kappa shape index (κ1) is 17.7. The van der Waals surface area contributed by atoms with Crippen LogP contribution in [0.5, 0.6) is 0 Å². The summed E-state index contributed by atoms with van der Waals surface area (Å²) in [6, 6.07) is 14.0. The van der Waals surface area contributed by atoms with Crippen LogP contribution in [0.3, 0.4) is 0 Å². The molecule has 0 saturated carbocycles. The molecule has 0 fully saturated rings. The Kier molecular flexibility index (Phi) is 6.53. The van der Waals surface area contributed by atoms with Crippen molar-refractivity contribution in [1.29, 1.82) is 0 Å². The number of halogens is 1. The van der Waals surface area contributed by atoms with E-state index in [1.165, 1.54) is 17.7 Å². The van der Waals surface area contributed by atoms with E-state index >= 15 is 0 Å². The van der Waals surface area contributed by atoms with Gasteiger partial charge in [0.2, 0.25) is 5.91 Å². The van der Waals surface area contributed by atoms with Crippen LogP contribution in [0.2, 0.25) is 0 Å². The second-order valence-corrected chi connectivity index (χ2v) is 5.57. The van der Waals surface area contributed by atoms with E-state index in [2.05, 4.69) is 18.2 Å². The maximum absolute atomic E-state index is 13.0. The van der Waals surface area contributed by atoms with Crippen molar-refractivity contribution >= 4 is 11.6 Å². The second kappa shape index (κ2) is 8.85. The zero-order chi connectivity index (χ0) is 17.4. The number of aryl methyl sites for hydroxylation is 1. The van der Waals surface area contributed by atoms with E-state index in [0.29, 0.717) is 13.1 Å². The van der Waals surface area contributed by atoms with Crippen molar-refractivity contribution in [1.82, 2.24) is 4.90 Å². The number of carbonyl (C=O) groups is 1. The van der Waals surface area contributed by atoms with Gasteiger partial charge < -0.3 is 5.32 Å². The van der Waals surface area contributed by atoms with E-state index in [0.717, 1.165) is 17.7 Å². The molecule has 0 aliphatic carbocycles. The number of amides is 1. The predicted octanol–water partition coefficient (Wildman–Crippen LogP) is 3.46. The topological polar surface area (TPSA) is 32.3 Å². The molecule has 4 heteroatoms. The summed E-state index contributed by atoms with van der Waals surface area (Å²) in [7, 11) is 0. The fraction of sp³-hybridized carbons (Fsp3) is 0.250. The molecule has 2 aromatic carbocycles. The molecule has 0 atom stereocenters. The third kappa shape index (κ3) is 5.53. The van der Waals surface area contributed by atoms with E-state index in [1.54, 1.807) is 12.1 Å². The number of terminal acetylenes is 1. The lowest BCUT2D eigenvalue weighted by molar-refractivity contribution is -0.117. The minimum Gasteiger partial charge on any atom is -0.325 e. The van der Waals surface area contributed by atoms with E-state index < -0.39 is 0 Å². The molecule has 0 aliphatic rings. The monoisotopic (exact) mass is 324 g/mol. The van der Waals surface area contributed by atoms with Gasteiger partial charge in [0, 0.05) is 12.2 Å². The SMILES string of the molecule is C#CCN(CC(=O)Nc1ccc(CC)cc1)Cc1ccc(F)cc1. The molecule has 0 spiro atoms. The summed E-state index contributed by atoms with van der Waals surface area (Å²) >= 11 is 0. The standard InChI is InChI=1S/C20H21FN2O/c1-3-13-23(14-17-5-9-18(21)10-6-17)15-20(24)22-19-11-7-16(4-2)8-12-19/h1,5-12H,4,13-15H2,2H3,(H,22,24). The molecule has 0 heterocycles. The van der Waals surface area contributed by atoms with E-state index in [-0.39, 0.29) is 18.3 Å². The number of nitrogens with zero attached hydrogens (tertiary/aromatic N) is 1. The van der Waals surface area contributed by atoms with Crippen LogP contribution in [0, 0.1) is 18.2 Å². The van der Waals surface area contributed by atoms with Crippen molar-refractivity contribution in [3.05, 3.63) is 65.5 Å². The molecule has 0 bridgehead atoms. The molecule has 2 rings (SSSR count). The number of hydrogen-bond donors (Lipinski definition) is 1. The van der Waals surface area contributed by atoms with E-state index in [9.17, 15) is 9.18 Å². The lowest BCUT2D eigenvalue weighted by Crippen LogP contribution is -2.33. The molecular formula is C20H21FN2O. The van der Waals surface area contributed by atoms with Crippen LogP contribution in [-0.2, 0) is 17.8 Å². The number of rotatable bonds is 7. The predicted molar refractivity (Wildman–Crippen MR) is 95.0 cm³/mol. The van der Waals surface area contributed by atoms with Crippen molar-refractivity contribution in [3.63, 3.8) is 0 Å². The van der Waals surface area contributed by atoms with Crippen LogP contribution in [0.25, 0.3) is 0 Å². The molecule has 124 valence electrons. The van der Waals surface area contributed by atoms with Crippen LogP contribution >= 0.6 is 0 Å². The molecule has 2 aromatic rings. The maximum atomic E-state index is 13.0. The van der Waals surface area contributed by atoms with E-state index in [1.807, 2.05) is 29.2 Å². The van der Waals surface area contributed by atoms with E-state index in [4.69, 9.17) is 6.42 Å². The lowest BCUT2D eigenvalue weighted by Gasteiger charge is -2.19. The van der Waals surface area contributed by atoms with Gasteiger partial charge in [0.05, 0.1) is 13.1 Å². The third-order valence-electron chi connectivity index (χ3n) is 3.65. The number of hydrogen-bond acceptors (Lipinski definition) is 2. The van der Waals surface area contributed by atoms with Gasteiger partial charge in [-0.2, -0.15) is 0 Å². The van der Waals surface area contributed by atoms with Gasteiger partial charge in [-0.3, -0.25) is 9.69 Å². The third-order valence-corrected chi connectivity index (χ3v) is 3.65. The summed E-state index contributed by atoms with van der Waals surface area (Å²) in [6.45, 7) is 3.10. The van der Waals surface area contributed by atoms with Crippen molar-refractivity contribution in [2.45, 2.75) is 19.9 Å². The number of anilines is 1. The molecule has 1 amide bonds. The lowest BCUT2D eigenvalue weighted by atomic mass is 10.1. The molecular weight excluding hydrogens is 303 g/mol. The van der Waals surface area contributed by atoms with Gasteiger partial charge in [-0.1, -0.05) is 37.1 Å². The van der Waals surface area contributed by atoms with Gasteiger partial charge in [0.15, 0.2) is 0 Å². The molecule has 0 unspecified atom stereocenters. The van der Waals surface area contributed by atoms with Crippen molar-refractivity contribution in [2.24, 2.45) is 0 Å². The fourth-order valence-corrected chi connectivity index (χ4v) is 2.37. The number of carbonyl (C=O) groups excluding carboxylic acids is 1. The highest BCUT2D eigenvalue weighted by Crippen LogP contribution is 2.11. The van der Waals surface area contributed by atoms with Crippen molar-refractivity contribution in [2.75, 3.05) is 18.4 Å². The first-order valence-corrected chi connectivity index (χ1v) is 7.89. The zero-order valence-electron chi connectivity index (χ0n) is 13.8. The molecule has 0 radical (unpaired) electrons. The quantitative estimate of drug-likeness (QED) is 0.791. The highest BCUT2D eigenvalue weighted by Gasteiger charge is 2.11. The smallest absolute Gasteiger partial charge is 0.238 e. The van der Waals surface area contributed by atoms with Crippen LogP contribution in [0.1, 0.15) is 18.1 Å². The first-order chi connectivity index (χ1) is 11.6. The van der Waals surface area contributed by atoms with Gasteiger partial charge in [0.25, 0.3) is 0 Å². The molecule has 0 aliphatic heterocycles. The molecule has 3 nitrogen and oxygen atoms in total. The summed E-state index contributed by atoms with van der Waals surface area (Å²) in [5, 5.41) is 2.87. The summed E-state index contributed by atoms with van der Waals surface area (Å²) in [6.07, 6.45) is 6.34. The van der Waals surface area contributed by atoms with Gasteiger partial charge in [-0.25, -0.2) is 4.39 Å². The second-order valence-electron chi connectivity index (χ2n) is 5.57. The largest absolute Gasteiger partial charge is 0.325 e. The van der Waals surface area contributed by atoms with Crippen LogP contribution in [-0.4, -0.2) is 23.9 Å². The Balaban J connectivity index is 1.94. The van der Waals surface area contributed by atoms with Gasteiger partial charge in [-0.15, -0.1) is 6.42 Å². The highest BCUT2D eigenvalue weighted by atomic mass is 19.1. The molecule has 1 N–H and O–H groups in total. The Labute approximate surface area is 142 Å². The van der Waals surface area contributed by atoms with Crippen LogP contribution in [0.4, 0.5) is 10.1 Å². The number of nitrogens with one attached hydrogen (secondary N) is 1. The Hall–Kier alpha value is -2.64. The number of benzene rings is 2. The Bertz CT molecular complexity index is 702. The van der Waals surface area contributed by atoms with Gasteiger partial charge >= 0.3 is 0 Å². The average molecular weight is 324 g/mol. The minimum absolute atomic E-state index is 0.128. The van der Waals surface area contributed by atoms with Crippen LogP contribution < -0.4 is 5.32 Å². The first-order valence-electron chi connectivity index (χ1n) is 7.89. The molecule has 0 saturated heterocycles. The summed E-state index contributed by atoms with van der Waals surface area (Å²) in [5.41, 5.74) is 2.89. The minimum atomic E-state index is -0.282. The average Bonchev–Trinajstić information content (AvgIpc) is 2.58. The van der Waals surface area contributed by atoms with Crippen LogP contribution in [0.15, 0.2) is 48.5 Å². The summed E-state index contributed by atoms with van der Waals surface area (Å²) in [4.78, 5) is 14.1. The Morgan fingerprint density at radius 3 is 2.33 bits per heavy atom. The van der Waals surface area contributed by atoms with Crippen molar-refractivity contribution in [3.8, 4) is 12.3 Å². The molecule has 0 aromatic heterocycles. The normalized spacial score (nSPS) is 10.4. The maximum Gasteiger partial charge on any atom is 0.238 e. The van der Waals surface area contributed by atoms with Crippen molar-refractivity contribution < 1.29 is 9.18 Å². The Morgan fingerprint density at radius 1 is 1.12 bits per heavy atom. The summed E-state index contributed by atoms with van der Waals surface area (Å²) in [5.74, 6) is 2.15. The highest BCUT2D eigenvalue weighted by molar-refractivity contribution is 5.92. The Morgan fingerprint density at radius 2 is 1.75 bits per heavy atom. The molecule has 24 heavy (non-hydrogen) atoms. The van der Waals surface area contributed by atoms with Gasteiger partial charge in [0.1, 0.15) is 5.82 Å². The summed E-state index contributed by atoms with van der Waals surface area (Å²) < 4.78 is 13.0.